The van der Waals surface area contributed by atoms with Crippen LogP contribution in [0.25, 0.3) is 0 Å². The Hall–Kier alpha value is -0.603. The Labute approximate surface area is 93.5 Å². The second-order valence-electron chi connectivity index (χ2n) is 5.40. The molecule has 0 N–H and O–H groups in total. The van der Waals surface area contributed by atoms with Crippen molar-refractivity contribution in [3.05, 3.63) is 35.9 Å². The Morgan fingerprint density at radius 1 is 1.13 bits per heavy atom. The zero-order chi connectivity index (χ0) is 10.9. The monoisotopic (exact) mass is 220 g/mol. The highest BCUT2D eigenvalue weighted by Crippen LogP contribution is 2.43. The van der Waals surface area contributed by atoms with Crippen LogP contribution in [0.1, 0.15) is 18.4 Å². The van der Waals surface area contributed by atoms with Crippen molar-refractivity contribution in [3.8, 4) is 0 Å². The van der Waals surface area contributed by atoms with Gasteiger partial charge in [-0.25, -0.2) is 0 Å². The maximum atomic E-state index is 6.15. The van der Waals surface area contributed by atoms with E-state index in [1.807, 2.05) is 0 Å². The highest BCUT2D eigenvalue weighted by atomic mass is 28.3. The Morgan fingerprint density at radius 2 is 1.80 bits per heavy atom. The summed E-state index contributed by atoms with van der Waals surface area (Å²) in [4.78, 5) is 0. The van der Waals surface area contributed by atoms with E-state index >= 15 is 0 Å². The molecular formula is C13H20OSi. The molecule has 15 heavy (non-hydrogen) atoms. The third-order valence-corrected chi connectivity index (χ3v) is 6.58. The number of hydrogen-bond donors (Lipinski definition) is 0. The molecule has 0 spiro atoms. The summed E-state index contributed by atoms with van der Waals surface area (Å²) in [5, 5.41) is 0.0637. The van der Waals surface area contributed by atoms with Crippen LogP contribution in [-0.4, -0.2) is 14.7 Å². The smallest absolute Gasteiger partial charge is 0.0881 e. The molecule has 1 fully saturated rings. The van der Waals surface area contributed by atoms with Gasteiger partial charge in [0, 0.05) is 6.61 Å². The minimum atomic E-state index is -1.34. The van der Waals surface area contributed by atoms with Crippen molar-refractivity contribution in [2.24, 2.45) is 0 Å². The van der Waals surface area contributed by atoms with Crippen molar-refractivity contribution in [1.29, 1.82) is 0 Å². The molecule has 1 heterocycles. The van der Waals surface area contributed by atoms with Gasteiger partial charge in [0.15, 0.2) is 0 Å². The third kappa shape index (κ3) is 1.77. The normalized spacial score (nSPS) is 26.9. The molecule has 0 aliphatic carbocycles. The van der Waals surface area contributed by atoms with Crippen molar-refractivity contribution >= 4 is 8.07 Å². The van der Waals surface area contributed by atoms with E-state index in [4.69, 9.17) is 4.74 Å². The van der Waals surface area contributed by atoms with Crippen LogP contribution in [-0.2, 0) is 9.96 Å². The second kappa shape index (κ2) is 3.76. The van der Waals surface area contributed by atoms with Gasteiger partial charge >= 0.3 is 0 Å². The molecule has 1 nitrogen and oxygen atoms in total. The maximum Gasteiger partial charge on any atom is 0.0881 e. The Bertz CT molecular complexity index is 320. The quantitative estimate of drug-likeness (QED) is 0.692. The van der Waals surface area contributed by atoms with E-state index in [1.165, 1.54) is 18.4 Å². The molecule has 1 unspecified atom stereocenters. The molecule has 0 aromatic heterocycles. The molecule has 0 bridgehead atoms. The molecule has 2 rings (SSSR count). The van der Waals surface area contributed by atoms with E-state index in [2.05, 4.69) is 50.0 Å². The molecule has 0 amide bonds. The molecule has 0 radical (unpaired) electrons. The number of ether oxygens (including phenoxy) is 1. The van der Waals surface area contributed by atoms with Crippen LogP contribution in [0.3, 0.4) is 0 Å². The number of hydrogen-bond acceptors (Lipinski definition) is 1. The lowest BCUT2D eigenvalue weighted by Gasteiger charge is -2.40. The van der Waals surface area contributed by atoms with Crippen LogP contribution in [0.2, 0.25) is 19.6 Å². The molecule has 2 heteroatoms. The van der Waals surface area contributed by atoms with E-state index < -0.39 is 8.07 Å². The fraction of sp³-hybridized carbons (Fsp3) is 0.538. The maximum absolute atomic E-state index is 6.15. The molecule has 1 aliphatic rings. The lowest BCUT2D eigenvalue weighted by molar-refractivity contribution is 0.0627. The molecule has 1 atom stereocenters. The Morgan fingerprint density at radius 3 is 2.27 bits per heavy atom. The summed E-state index contributed by atoms with van der Waals surface area (Å²) in [6.07, 6.45) is 2.41. The van der Waals surface area contributed by atoms with Gasteiger partial charge in [0.1, 0.15) is 0 Å². The molecule has 1 aliphatic heterocycles. The van der Waals surface area contributed by atoms with Gasteiger partial charge in [-0.1, -0.05) is 50.0 Å². The van der Waals surface area contributed by atoms with Crippen LogP contribution >= 0.6 is 0 Å². The highest BCUT2D eigenvalue weighted by Gasteiger charge is 2.47. The van der Waals surface area contributed by atoms with Gasteiger partial charge in [-0.3, -0.25) is 0 Å². The average molecular weight is 220 g/mol. The predicted octanol–water partition coefficient (Wildman–Crippen LogP) is 3.57. The lowest BCUT2D eigenvalue weighted by atomic mass is 10.1. The molecule has 0 saturated carbocycles. The van der Waals surface area contributed by atoms with Crippen molar-refractivity contribution in [2.75, 3.05) is 6.61 Å². The van der Waals surface area contributed by atoms with E-state index in [1.54, 1.807) is 0 Å². The van der Waals surface area contributed by atoms with Crippen LogP contribution in [0.4, 0.5) is 0 Å². The van der Waals surface area contributed by atoms with E-state index in [-0.39, 0.29) is 5.22 Å². The summed E-state index contributed by atoms with van der Waals surface area (Å²) in [6, 6.07) is 10.8. The first-order valence-corrected chi connectivity index (χ1v) is 9.26. The van der Waals surface area contributed by atoms with Crippen LogP contribution in [0.5, 0.6) is 0 Å². The van der Waals surface area contributed by atoms with Crippen molar-refractivity contribution in [3.63, 3.8) is 0 Å². The van der Waals surface area contributed by atoms with Crippen LogP contribution in [0, 0.1) is 0 Å². The molecule has 1 aromatic carbocycles. The molecule has 1 aromatic rings. The largest absolute Gasteiger partial charge is 0.374 e. The van der Waals surface area contributed by atoms with Gasteiger partial charge < -0.3 is 4.74 Å². The van der Waals surface area contributed by atoms with E-state index in [0.717, 1.165) is 6.61 Å². The van der Waals surface area contributed by atoms with E-state index in [0.29, 0.717) is 0 Å². The van der Waals surface area contributed by atoms with Gasteiger partial charge in [0.2, 0.25) is 0 Å². The Kier molecular flexibility index (Phi) is 2.73. The first-order chi connectivity index (χ1) is 7.06. The summed E-state index contributed by atoms with van der Waals surface area (Å²) in [7, 11) is -1.34. The minimum Gasteiger partial charge on any atom is -0.374 e. The summed E-state index contributed by atoms with van der Waals surface area (Å²) >= 11 is 0. The van der Waals surface area contributed by atoms with Gasteiger partial charge in [-0.05, 0) is 18.4 Å². The predicted molar refractivity (Wildman–Crippen MR) is 66.7 cm³/mol. The number of benzene rings is 1. The van der Waals surface area contributed by atoms with Gasteiger partial charge in [-0.15, -0.1) is 0 Å². The van der Waals surface area contributed by atoms with Gasteiger partial charge in [-0.2, -0.15) is 0 Å². The fourth-order valence-electron chi connectivity index (χ4n) is 2.60. The summed E-state index contributed by atoms with van der Waals surface area (Å²) < 4.78 is 6.15. The molecule has 1 saturated heterocycles. The highest BCUT2D eigenvalue weighted by molar-refractivity contribution is 6.78. The van der Waals surface area contributed by atoms with Crippen LogP contribution in [0.15, 0.2) is 30.3 Å². The van der Waals surface area contributed by atoms with Crippen molar-refractivity contribution in [2.45, 2.75) is 37.7 Å². The fourth-order valence-corrected chi connectivity index (χ4v) is 5.09. The summed E-state index contributed by atoms with van der Waals surface area (Å²) in [5.74, 6) is 0. The van der Waals surface area contributed by atoms with Gasteiger partial charge in [0.05, 0.1) is 13.3 Å². The first-order valence-electron chi connectivity index (χ1n) is 5.76. The van der Waals surface area contributed by atoms with Crippen molar-refractivity contribution < 1.29 is 4.74 Å². The standard InChI is InChI=1S/C13H20OSi/c1-15(2,3)13(10-7-11-14-13)12-8-5-4-6-9-12/h4-6,8-9H,7,10-11H2,1-3H3. The zero-order valence-corrected chi connectivity index (χ0v) is 10.9. The molecule has 82 valence electrons. The number of rotatable bonds is 2. The van der Waals surface area contributed by atoms with Crippen molar-refractivity contribution in [1.82, 2.24) is 0 Å². The average Bonchev–Trinajstić information content (AvgIpc) is 2.68. The third-order valence-electron chi connectivity index (χ3n) is 3.47. The first kappa shape index (κ1) is 10.9. The van der Waals surface area contributed by atoms with Crippen LogP contribution < -0.4 is 0 Å². The van der Waals surface area contributed by atoms with E-state index in [9.17, 15) is 0 Å². The zero-order valence-electron chi connectivity index (χ0n) is 9.92. The lowest BCUT2D eigenvalue weighted by Crippen LogP contribution is -2.49. The summed E-state index contributed by atoms with van der Waals surface area (Å²) in [5.41, 5.74) is 1.39. The summed E-state index contributed by atoms with van der Waals surface area (Å²) in [6.45, 7) is 8.15. The Balaban J connectivity index is 2.44. The SMILES string of the molecule is C[Si](C)(C)C1(c2ccccc2)CCCO1. The minimum absolute atomic E-state index is 0.0637. The topological polar surface area (TPSA) is 9.23 Å². The molecular weight excluding hydrogens is 200 g/mol. The second-order valence-corrected chi connectivity index (χ2v) is 10.7. The van der Waals surface area contributed by atoms with Gasteiger partial charge in [0.25, 0.3) is 0 Å².